The number of rotatable bonds is 0. The number of halogens is 4. The molecular formula is C15H17BrF3NO2. The molecule has 0 saturated carbocycles. The highest BCUT2D eigenvalue weighted by Gasteiger charge is 2.49. The first-order chi connectivity index (χ1) is 10.0. The molecule has 0 bridgehead atoms. The minimum atomic E-state index is -4.51. The van der Waals surface area contributed by atoms with E-state index in [0.717, 1.165) is 4.90 Å². The standard InChI is InChI=1S/C15H17BrF3NO2/c1-14(2,3)22-13(21)20-11(15(17,18)19)8-7-9-5-4-6-10(16)12(9)20/h4-6,11H,7-8H2,1-3H3. The maximum atomic E-state index is 13.3. The molecular weight excluding hydrogens is 363 g/mol. The smallest absolute Gasteiger partial charge is 0.415 e. The second-order valence-corrected chi connectivity index (χ2v) is 7.05. The van der Waals surface area contributed by atoms with Crippen molar-refractivity contribution in [2.24, 2.45) is 0 Å². The summed E-state index contributed by atoms with van der Waals surface area (Å²) in [5.41, 5.74) is 0.0672. The van der Waals surface area contributed by atoms with Crippen molar-refractivity contribution in [3.05, 3.63) is 28.2 Å². The molecule has 1 amide bonds. The van der Waals surface area contributed by atoms with Crippen LogP contribution in [0.5, 0.6) is 0 Å². The molecule has 7 heteroatoms. The summed E-state index contributed by atoms with van der Waals surface area (Å²) >= 11 is 3.25. The molecule has 122 valence electrons. The van der Waals surface area contributed by atoms with Gasteiger partial charge in [-0.25, -0.2) is 4.79 Å². The highest BCUT2D eigenvalue weighted by Crippen LogP contribution is 2.42. The van der Waals surface area contributed by atoms with Gasteiger partial charge < -0.3 is 4.74 Å². The first kappa shape index (κ1) is 17.1. The van der Waals surface area contributed by atoms with Crippen LogP contribution in [0.3, 0.4) is 0 Å². The summed E-state index contributed by atoms with van der Waals surface area (Å²) in [6.45, 7) is 4.87. The summed E-state index contributed by atoms with van der Waals surface area (Å²) in [5.74, 6) is 0. The number of alkyl halides is 3. The van der Waals surface area contributed by atoms with E-state index in [2.05, 4.69) is 15.9 Å². The lowest BCUT2D eigenvalue weighted by molar-refractivity contribution is -0.150. The highest BCUT2D eigenvalue weighted by atomic mass is 79.9. The minimum absolute atomic E-state index is 0.174. The fraction of sp³-hybridized carbons (Fsp3) is 0.533. The first-order valence-corrected chi connectivity index (χ1v) is 7.66. The Labute approximate surface area is 135 Å². The van der Waals surface area contributed by atoms with Crippen LogP contribution in [0, 0.1) is 0 Å². The Morgan fingerprint density at radius 3 is 2.50 bits per heavy atom. The van der Waals surface area contributed by atoms with E-state index in [0.29, 0.717) is 10.0 Å². The fourth-order valence-electron chi connectivity index (χ4n) is 2.45. The summed E-state index contributed by atoms with van der Waals surface area (Å²) in [6.07, 6.45) is -5.41. The quantitative estimate of drug-likeness (QED) is 0.629. The number of fused-ring (bicyclic) bond motifs is 1. The predicted molar refractivity (Wildman–Crippen MR) is 81.0 cm³/mol. The summed E-state index contributed by atoms with van der Waals surface area (Å²) in [5, 5.41) is 0. The van der Waals surface area contributed by atoms with Gasteiger partial charge in [-0.05, 0) is 61.2 Å². The maximum Gasteiger partial charge on any atom is 0.415 e. The average Bonchev–Trinajstić information content (AvgIpc) is 2.34. The molecule has 1 unspecified atom stereocenters. The molecule has 1 aliphatic rings. The van der Waals surface area contributed by atoms with Gasteiger partial charge in [0.2, 0.25) is 0 Å². The number of amides is 1. The Morgan fingerprint density at radius 2 is 1.95 bits per heavy atom. The molecule has 0 saturated heterocycles. The maximum absolute atomic E-state index is 13.3. The molecule has 0 spiro atoms. The number of hydrogen-bond acceptors (Lipinski definition) is 2. The molecule has 3 nitrogen and oxygen atoms in total. The number of ether oxygens (including phenoxy) is 1. The second kappa shape index (κ2) is 5.76. The Hall–Kier alpha value is -1.24. The van der Waals surface area contributed by atoms with Gasteiger partial charge in [-0.15, -0.1) is 0 Å². The Balaban J connectivity index is 2.50. The van der Waals surface area contributed by atoms with Crippen LogP contribution in [0.4, 0.5) is 23.7 Å². The van der Waals surface area contributed by atoms with Crippen molar-refractivity contribution < 1.29 is 22.7 Å². The Morgan fingerprint density at radius 1 is 1.32 bits per heavy atom. The Bertz CT molecular complexity index is 581. The van der Waals surface area contributed by atoms with Crippen LogP contribution < -0.4 is 4.90 Å². The molecule has 1 aromatic rings. The molecule has 1 aliphatic heterocycles. The third kappa shape index (κ3) is 3.56. The van der Waals surface area contributed by atoms with E-state index in [1.54, 1.807) is 39.0 Å². The number of carbonyl (C=O) groups is 1. The summed E-state index contributed by atoms with van der Waals surface area (Å²) < 4.78 is 45.7. The van der Waals surface area contributed by atoms with Crippen molar-refractivity contribution in [2.45, 2.75) is 51.4 Å². The van der Waals surface area contributed by atoms with E-state index in [4.69, 9.17) is 4.74 Å². The van der Waals surface area contributed by atoms with Crippen LogP contribution in [0.15, 0.2) is 22.7 Å². The number of nitrogens with zero attached hydrogens (tertiary/aromatic N) is 1. The van der Waals surface area contributed by atoms with E-state index >= 15 is 0 Å². The number of carbonyl (C=O) groups excluding carboxylic acids is 1. The second-order valence-electron chi connectivity index (χ2n) is 6.19. The van der Waals surface area contributed by atoms with Gasteiger partial charge in [0.15, 0.2) is 0 Å². The van der Waals surface area contributed by atoms with Gasteiger partial charge in [0, 0.05) is 4.47 Å². The van der Waals surface area contributed by atoms with Crippen molar-refractivity contribution in [3.8, 4) is 0 Å². The molecule has 0 aromatic heterocycles. The van der Waals surface area contributed by atoms with Gasteiger partial charge in [0.05, 0.1) is 5.69 Å². The van der Waals surface area contributed by atoms with Crippen LogP contribution in [0.1, 0.15) is 32.8 Å². The normalized spacial score (nSPS) is 18.9. The molecule has 2 rings (SSSR count). The largest absolute Gasteiger partial charge is 0.443 e. The van der Waals surface area contributed by atoms with Gasteiger partial charge in [-0.1, -0.05) is 12.1 Å². The molecule has 0 aliphatic carbocycles. The lowest BCUT2D eigenvalue weighted by Gasteiger charge is -2.39. The van der Waals surface area contributed by atoms with Crippen molar-refractivity contribution in [1.29, 1.82) is 0 Å². The molecule has 0 fully saturated rings. The van der Waals surface area contributed by atoms with E-state index in [9.17, 15) is 18.0 Å². The summed E-state index contributed by atoms with van der Waals surface area (Å²) in [7, 11) is 0. The van der Waals surface area contributed by atoms with Crippen LogP contribution in [-0.2, 0) is 11.2 Å². The lowest BCUT2D eigenvalue weighted by Crippen LogP contribution is -2.53. The zero-order valence-electron chi connectivity index (χ0n) is 12.5. The minimum Gasteiger partial charge on any atom is -0.443 e. The van der Waals surface area contributed by atoms with Crippen LogP contribution in [0.2, 0.25) is 0 Å². The Kier molecular flexibility index (Phi) is 4.48. The lowest BCUT2D eigenvalue weighted by atomic mass is 9.96. The highest BCUT2D eigenvalue weighted by molar-refractivity contribution is 9.10. The van der Waals surface area contributed by atoms with E-state index < -0.39 is 23.9 Å². The molecule has 0 N–H and O–H groups in total. The van der Waals surface area contributed by atoms with E-state index in [1.807, 2.05) is 0 Å². The topological polar surface area (TPSA) is 29.5 Å². The van der Waals surface area contributed by atoms with Crippen molar-refractivity contribution >= 4 is 27.7 Å². The van der Waals surface area contributed by atoms with E-state index in [1.165, 1.54) is 0 Å². The van der Waals surface area contributed by atoms with Gasteiger partial charge >= 0.3 is 12.3 Å². The van der Waals surface area contributed by atoms with Gasteiger partial charge in [-0.3, -0.25) is 4.90 Å². The zero-order chi connectivity index (χ0) is 16.7. The van der Waals surface area contributed by atoms with Gasteiger partial charge in [0.25, 0.3) is 0 Å². The number of para-hydroxylation sites is 1. The molecule has 1 atom stereocenters. The number of hydrogen-bond donors (Lipinski definition) is 0. The van der Waals surface area contributed by atoms with Crippen LogP contribution in [0.25, 0.3) is 0 Å². The molecule has 22 heavy (non-hydrogen) atoms. The molecule has 1 heterocycles. The third-order valence-electron chi connectivity index (χ3n) is 3.28. The number of aryl methyl sites for hydroxylation is 1. The van der Waals surface area contributed by atoms with Crippen molar-refractivity contribution in [2.75, 3.05) is 4.90 Å². The number of anilines is 1. The van der Waals surface area contributed by atoms with Crippen molar-refractivity contribution in [1.82, 2.24) is 0 Å². The van der Waals surface area contributed by atoms with Crippen LogP contribution in [-0.4, -0.2) is 23.9 Å². The first-order valence-electron chi connectivity index (χ1n) is 6.87. The van der Waals surface area contributed by atoms with Crippen LogP contribution >= 0.6 is 15.9 Å². The average molecular weight is 380 g/mol. The summed E-state index contributed by atoms with van der Waals surface area (Å²) in [4.78, 5) is 13.1. The monoisotopic (exact) mass is 379 g/mol. The predicted octanol–water partition coefficient (Wildman–Crippen LogP) is 5.07. The van der Waals surface area contributed by atoms with E-state index in [-0.39, 0.29) is 18.5 Å². The molecule has 1 aromatic carbocycles. The fourth-order valence-corrected chi connectivity index (χ4v) is 3.05. The van der Waals surface area contributed by atoms with Gasteiger partial charge in [0.1, 0.15) is 11.6 Å². The third-order valence-corrected chi connectivity index (χ3v) is 3.92. The summed E-state index contributed by atoms with van der Waals surface area (Å²) in [6, 6.07) is 3.21. The van der Waals surface area contributed by atoms with Gasteiger partial charge in [-0.2, -0.15) is 13.2 Å². The zero-order valence-corrected chi connectivity index (χ0v) is 14.1. The van der Waals surface area contributed by atoms with Crippen molar-refractivity contribution in [3.63, 3.8) is 0 Å². The molecule has 0 radical (unpaired) electrons. The number of benzene rings is 1. The SMILES string of the molecule is CC(C)(C)OC(=O)N1c2c(Br)cccc2CCC1C(F)(F)F.